The van der Waals surface area contributed by atoms with Crippen LogP contribution in [0.15, 0.2) is 30.3 Å². The van der Waals surface area contributed by atoms with E-state index in [9.17, 15) is 0 Å². The summed E-state index contributed by atoms with van der Waals surface area (Å²) >= 11 is 0. The number of rotatable bonds is 3. The molecule has 3 rings (SSSR count). The highest BCUT2D eigenvalue weighted by Gasteiger charge is 2.33. The summed E-state index contributed by atoms with van der Waals surface area (Å²) in [4.78, 5) is 2.69. The summed E-state index contributed by atoms with van der Waals surface area (Å²) in [6, 6.07) is 11.8. The zero-order chi connectivity index (χ0) is 11.5. The average Bonchev–Trinajstić information content (AvgIpc) is 2.36. The van der Waals surface area contributed by atoms with Crippen molar-refractivity contribution in [3.63, 3.8) is 0 Å². The lowest BCUT2D eigenvalue weighted by Crippen LogP contribution is -2.47. The highest BCUT2D eigenvalue weighted by atomic mass is 15.2. The molecule has 1 N–H and O–H groups in total. The molecule has 1 heterocycles. The van der Waals surface area contributed by atoms with E-state index in [1.807, 2.05) is 0 Å². The molecule has 17 heavy (non-hydrogen) atoms. The van der Waals surface area contributed by atoms with Gasteiger partial charge in [-0.2, -0.15) is 0 Å². The minimum Gasteiger partial charge on any atom is -0.314 e. The molecule has 1 saturated carbocycles. The van der Waals surface area contributed by atoms with E-state index in [0.29, 0.717) is 6.04 Å². The predicted molar refractivity (Wildman–Crippen MR) is 71.0 cm³/mol. The van der Waals surface area contributed by atoms with E-state index in [2.05, 4.69) is 40.5 Å². The number of nitrogens with one attached hydrogen (secondary N) is 1. The minimum absolute atomic E-state index is 0.673. The first-order chi connectivity index (χ1) is 8.45. The fraction of sp³-hybridized carbons (Fsp3) is 0.600. The van der Waals surface area contributed by atoms with Crippen molar-refractivity contribution in [2.45, 2.75) is 25.3 Å². The standard InChI is InChI=1S/C15H22N2/c1-2-5-13(6-3-1)15(14-7-4-8-14)17-11-9-16-10-12-17/h1-3,5-6,14-16H,4,7-12H2/t15-/m1/s1. The van der Waals surface area contributed by atoms with Gasteiger partial charge in [0.2, 0.25) is 0 Å². The van der Waals surface area contributed by atoms with Crippen LogP contribution in [0.5, 0.6) is 0 Å². The lowest BCUT2D eigenvalue weighted by Gasteiger charge is -2.43. The third-order valence-corrected chi connectivity index (χ3v) is 4.28. The molecule has 0 radical (unpaired) electrons. The largest absolute Gasteiger partial charge is 0.314 e. The van der Waals surface area contributed by atoms with E-state index < -0.39 is 0 Å². The third kappa shape index (κ3) is 2.38. The highest BCUT2D eigenvalue weighted by molar-refractivity contribution is 5.20. The second-order valence-electron chi connectivity index (χ2n) is 5.33. The zero-order valence-corrected chi connectivity index (χ0v) is 10.4. The molecule has 1 aromatic rings. The van der Waals surface area contributed by atoms with Crippen LogP contribution in [0.4, 0.5) is 0 Å². The Morgan fingerprint density at radius 1 is 1.06 bits per heavy atom. The van der Waals surface area contributed by atoms with Gasteiger partial charge >= 0.3 is 0 Å². The molecule has 2 nitrogen and oxygen atoms in total. The normalized spacial score (nSPS) is 24.2. The van der Waals surface area contributed by atoms with Crippen molar-refractivity contribution in [3.8, 4) is 0 Å². The zero-order valence-electron chi connectivity index (χ0n) is 10.4. The lowest BCUT2D eigenvalue weighted by atomic mass is 9.76. The van der Waals surface area contributed by atoms with Crippen molar-refractivity contribution in [2.24, 2.45) is 5.92 Å². The van der Waals surface area contributed by atoms with Gasteiger partial charge in [-0.05, 0) is 24.3 Å². The van der Waals surface area contributed by atoms with Crippen molar-refractivity contribution in [3.05, 3.63) is 35.9 Å². The van der Waals surface area contributed by atoms with Crippen LogP contribution in [0.1, 0.15) is 30.9 Å². The Morgan fingerprint density at radius 2 is 1.76 bits per heavy atom. The number of hydrogen-bond donors (Lipinski definition) is 1. The molecule has 1 saturated heterocycles. The first kappa shape index (κ1) is 11.2. The molecule has 1 aromatic carbocycles. The Bertz CT molecular complexity index is 339. The number of nitrogens with zero attached hydrogens (tertiary/aromatic N) is 1. The van der Waals surface area contributed by atoms with Crippen LogP contribution in [0.25, 0.3) is 0 Å². The minimum atomic E-state index is 0.673. The summed E-state index contributed by atoms with van der Waals surface area (Å²) in [5.41, 5.74) is 1.53. The van der Waals surface area contributed by atoms with Gasteiger partial charge in [-0.15, -0.1) is 0 Å². The van der Waals surface area contributed by atoms with Gasteiger partial charge < -0.3 is 5.32 Å². The maximum Gasteiger partial charge on any atom is 0.0377 e. The van der Waals surface area contributed by atoms with Crippen LogP contribution in [0.2, 0.25) is 0 Å². The summed E-state index contributed by atoms with van der Waals surface area (Å²) in [5.74, 6) is 0.899. The highest BCUT2D eigenvalue weighted by Crippen LogP contribution is 2.41. The van der Waals surface area contributed by atoms with Gasteiger partial charge in [-0.3, -0.25) is 4.90 Å². The summed E-state index contributed by atoms with van der Waals surface area (Å²) in [7, 11) is 0. The number of benzene rings is 1. The number of piperazine rings is 1. The maximum absolute atomic E-state index is 3.45. The van der Waals surface area contributed by atoms with Crippen LogP contribution in [0.3, 0.4) is 0 Å². The second kappa shape index (κ2) is 5.19. The van der Waals surface area contributed by atoms with Gasteiger partial charge in [0.05, 0.1) is 0 Å². The summed E-state index contributed by atoms with van der Waals surface area (Å²) < 4.78 is 0. The number of hydrogen-bond acceptors (Lipinski definition) is 2. The topological polar surface area (TPSA) is 15.3 Å². The van der Waals surface area contributed by atoms with E-state index in [1.54, 1.807) is 0 Å². The fourth-order valence-corrected chi connectivity index (χ4v) is 3.15. The maximum atomic E-state index is 3.45. The molecule has 2 heteroatoms. The Morgan fingerprint density at radius 3 is 2.35 bits per heavy atom. The van der Waals surface area contributed by atoms with E-state index in [4.69, 9.17) is 0 Å². The van der Waals surface area contributed by atoms with E-state index in [0.717, 1.165) is 19.0 Å². The average molecular weight is 230 g/mol. The van der Waals surface area contributed by atoms with Crippen molar-refractivity contribution in [2.75, 3.05) is 26.2 Å². The SMILES string of the molecule is c1ccc([C@H](C2CCC2)N2CCNCC2)cc1. The smallest absolute Gasteiger partial charge is 0.0377 e. The van der Waals surface area contributed by atoms with Gasteiger partial charge in [0.1, 0.15) is 0 Å². The van der Waals surface area contributed by atoms with E-state index in [-0.39, 0.29) is 0 Å². The Hall–Kier alpha value is -0.860. The molecule has 2 aliphatic rings. The van der Waals surface area contributed by atoms with Crippen LogP contribution in [-0.2, 0) is 0 Å². The van der Waals surface area contributed by atoms with Gasteiger partial charge in [0.15, 0.2) is 0 Å². The molecule has 0 amide bonds. The molecule has 1 atom stereocenters. The van der Waals surface area contributed by atoms with Crippen LogP contribution in [-0.4, -0.2) is 31.1 Å². The quantitative estimate of drug-likeness (QED) is 0.858. The molecular formula is C15H22N2. The van der Waals surface area contributed by atoms with Crippen molar-refractivity contribution >= 4 is 0 Å². The summed E-state index contributed by atoms with van der Waals surface area (Å²) in [6.45, 7) is 4.71. The molecule has 1 aliphatic carbocycles. The molecule has 0 aromatic heterocycles. The monoisotopic (exact) mass is 230 g/mol. The summed E-state index contributed by atoms with van der Waals surface area (Å²) in [5, 5.41) is 3.45. The third-order valence-electron chi connectivity index (χ3n) is 4.28. The lowest BCUT2D eigenvalue weighted by molar-refractivity contribution is 0.0837. The predicted octanol–water partition coefficient (Wildman–Crippen LogP) is 2.43. The first-order valence-electron chi connectivity index (χ1n) is 6.95. The molecule has 2 fully saturated rings. The first-order valence-corrected chi connectivity index (χ1v) is 6.95. The van der Waals surface area contributed by atoms with Gasteiger partial charge in [0.25, 0.3) is 0 Å². The fourth-order valence-electron chi connectivity index (χ4n) is 3.15. The molecule has 1 aliphatic heterocycles. The molecule has 0 unspecified atom stereocenters. The second-order valence-corrected chi connectivity index (χ2v) is 5.33. The van der Waals surface area contributed by atoms with Crippen molar-refractivity contribution in [1.29, 1.82) is 0 Å². The van der Waals surface area contributed by atoms with E-state index in [1.165, 1.54) is 37.9 Å². The summed E-state index contributed by atoms with van der Waals surface area (Å²) in [6.07, 6.45) is 4.27. The van der Waals surface area contributed by atoms with Gasteiger partial charge in [0, 0.05) is 32.2 Å². The van der Waals surface area contributed by atoms with Crippen molar-refractivity contribution in [1.82, 2.24) is 10.2 Å². The molecular weight excluding hydrogens is 208 g/mol. The van der Waals surface area contributed by atoms with Crippen molar-refractivity contribution < 1.29 is 0 Å². The Kier molecular flexibility index (Phi) is 3.44. The molecule has 0 bridgehead atoms. The molecule has 0 spiro atoms. The Balaban J connectivity index is 1.80. The van der Waals surface area contributed by atoms with Crippen LogP contribution < -0.4 is 5.32 Å². The molecule has 92 valence electrons. The van der Waals surface area contributed by atoms with Crippen LogP contribution in [0, 0.1) is 5.92 Å². The van der Waals surface area contributed by atoms with Gasteiger partial charge in [-0.25, -0.2) is 0 Å². The van der Waals surface area contributed by atoms with E-state index >= 15 is 0 Å². The van der Waals surface area contributed by atoms with Crippen LogP contribution >= 0.6 is 0 Å². The Labute approximate surface area is 104 Å². The van der Waals surface area contributed by atoms with Gasteiger partial charge in [-0.1, -0.05) is 36.8 Å².